The molecule has 0 aliphatic carbocycles. The molecule has 0 aromatic heterocycles. The maximum Gasteiger partial charge on any atom is 0.322 e. The summed E-state index contributed by atoms with van der Waals surface area (Å²) >= 11 is 0. The molecule has 3 heteroatoms. The van der Waals surface area contributed by atoms with Gasteiger partial charge in [0, 0.05) is 6.54 Å². The van der Waals surface area contributed by atoms with E-state index in [1.165, 1.54) is 16.7 Å². The second-order valence-corrected chi connectivity index (χ2v) is 4.21. The Labute approximate surface area is 103 Å². The standard InChI is InChI=1S/C14H21NO2/c1-5-17-14(16)12(4)15-9-13-8-6-7-10(2)11(13)3/h6-8,12,15H,5,9H2,1-4H3. The van der Waals surface area contributed by atoms with E-state index in [9.17, 15) is 4.79 Å². The quantitative estimate of drug-likeness (QED) is 0.796. The minimum Gasteiger partial charge on any atom is -0.465 e. The first-order valence-electron chi connectivity index (χ1n) is 6.01. The smallest absolute Gasteiger partial charge is 0.322 e. The Kier molecular flexibility index (Phi) is 5.16. The minimum absolute atomic E-state index is 0.196. The summed E-state index contributed by atoms with van der Waals surface area (Å²) in [6, 6.07) is 5.93. The van der Waals surface area contributed by atoms with Crippen LogP contribution < -0.4 is 5.32 Å². The molecule has 0 amide bonds. The van der Waals surface area contributed by atoms with E-state index >= 15 is 0 Å². The monoisotopic (exact) mass is 235 g/mol. The molecule has 94 valence electrons. The highest BCUT2D eigenvalue weighted by Gasteiger charge is 2.13. The first kappa shape index (κ1) is 13.7. The van der Waals surface area contributed by atoms with Gasteiger partial charge in [0.25, 0.3) is 0 Å². The van der Waals surface area contributed by atoms with Crippen LogP contribution in [0.4, 0.5) is 0 Å². The largest absolute Gasteiger partial charge is 0.465 e. The van der Waals surface area contributed by atoms with Crippen molar-refractivity contribution in [2.45, 2.75) is 40.3 Å². The van der Waals surface area contributed by atoms with Crippen molar-refractivity contribution in [2.75, 3.05) is 6.61 Å². The predicted molar refractivity (Wildman–Crippen MR) is 68.9 cm³/mol. The Morgan fingerprint density at radius 1 is 1.41 bits per heavy atom. The van der Waals surface area contributed by atoms with Crippen LogP contribution >= 0.6 is 0 Å². The van der Waals surface area contributed by atoms with Gasteiger partial charge in [-0.25, -0.2) is 0 Å². The van der Waals surface area contributed by atoms with Crippen LogP contribution in [0.5, 0.6) is 0 Å². The van der Waals surface area contributed by atoms with Crippen molar-refractivity contribution in [3.63, 3.8) is 0 Å². The number of esters is 1. The molecule has 1 atom stereocenters. The minimum atomic E-state index is -0.269. The number of hydrogen-bond donors (Lipinski definition) is 1. The van der Waals surface area contributed by atoms with E-state index in [-0.39, 0.29) is 12.0 Å². The zero-order valence-corrected chi connectivity index (χ0v) is 11.0. The summed E-state index contributed by atoms with van der Waals surface area (Å²) in [6.07, 6.45) is 0. The second kappa shape index (κ2) is 6.40. The molecule has 1 aromatic rings. The third kappa shape index (κ3) is 3.86. The fourth-order valence-corrected chi connectivity index (χ4v) is 1.62. The molecular weight excluding hydrogens is 214 g/mol. The van der Waals surface area contributed by atoms with Crippen molar-refractivity contribution >= 4 is 5.97 Å². The average molecular weight is 235 g/mol. The number of aryl methyl sites for hydroxylation is 1. The summed E-state index contributed by atoms with van der Waals surface area (Å²) in [5.74, 6) is -0.196. The van der Waals surface area contributed by atoms with Crippen LogP contribution in [0.15, 0.2) is 18.2 Å². The van der Waals surface area contributed by atoms with Crippen molar-refractivity contribution in [1.29, 1.82) is 0 Å². The Balaban J connectivity index is 2.56. The van der Waals surface area contributed by atoms with Gasteiger partial charge in [0.1, 0.15) is 6.04 Å². The first-order chi connectivity index (χ1) is 8.06. The fraction of sp³-hybridized carbons (Fsp3) is 0.500. The Bertz CT molecular complexity index is 388. The summed E-state index contributed by atoms with van der Waals surface area (Å²) in [5, 5.41) is 3.18. The highest BCUT2D eigenvalue weighted by molar-refractivity contribution is 5.75. The van der Waals surface area contributed by atoms with Crippen LogP contribution in [0.2, 0.25) is 0 Å². The van der Waals surface area contributed by atoms with Gasteiger partial charge >= 0.3 is 5.97 Å². The van der Waals surface area contributed by atoms with Crippen molar-refractivity contribution in [3.05, 3.63) is 34.9 Å². The van der Waals surface area contributed by atoms with Gasteiger partial charge in [0.15, 0.2) is 0 Å². The molecule has 0 spiro atoms. The number of nitrogens with one attached hydrogen (secondary N) is 1. The summed E-state index contributed by atoms with van der Waals surface area (Å²) in [4.78, 5) is 11.4. The first-order valence-corrected chi connectivity index (χ1v) is 6.01. The van der Waals surface area contributed by atoms with E-state index < -0.39 is 0 Å². The van der Waals surface area contributed by atoms with Crippen LogP contribution in [0.1, 0.15) is 30.5 Å². The van der Waals surface area contributed by atoms with Gasteiger partial charge in [-0.15, -0.1) is 0 Å². The maximum absolute atomic E-state index is 11.4. The lowest BCUT2D eigenvalue weighted by molar-refractivity contribution is -0.145. The van der Waals surface area contributed by atoms with Crippen molar-refractivity contribution < 1.29 is 9.53 Å². The van der Waals surface area contributed by atoms with Gasteiger partial charge in [-0.05, 0) is 44.4 Å². The zero-order valence-electron chi connectivity index (χ0n) is 11.0. The van der Waals surface area contributed by atoms with E-state index in [0.717, 1.165) is 0 Å². The van der Waals surface area contributed by atoms with Crippen molar-refractivity contribution in [3.8, 4) is 0 Å². The SMILES string of the molecule is CCOC(=O)C(C)NCc1cccc(C)c1C. The molecule has 0 saturated carbocycles. The molecule has 0 heterocycles. The number of carbonyl (C=O) groups is 1. The molecule has 1 aromatic carbocycles. The summed E-state index contributed by atoms with van der Waals surface area (Å²) in [5.41, 5.74) is 3.77. The van der Waals surface area contributed by atoms with E-state index in [1.807, 2.05) is 19.9 Å². The molecule has 0 aliphatic heterocycles. The number of carbonyl (C=O) groups excluding carboxylic acids is 1. The Morgan fingerprint density at radius 3 is 2.76 bits per heavy atom. The summed E-state index contributed by atoms with van der Waals surface area (Å²) in [6.45, 7) is 8.94. The lowest BCUT2D eigenvalue weighted by Gasteiger charge is -2.14. The lowest BCUT2D eigenvalue weighted by Crippen LogP contribution is -2.35. The van der Waals surface area contributed by atoms with E-state index in [1.54, 1.807) is 0 Å². The fourth-order valence-electron chi connectivity index (χ4n) is 1.62. The number of ether oxygens (including phenoxy) is 1. The van der Waals surface area contributed by atoms with Crippen molar-refractivity contribution in [1.82, 2.24) is 5.32 Å². The predicted octanol–water partition coefficient (Wildman–Crippen LogP) is 2.34. The second-order valence-electron chi connectivity index (χ2n) is 4.21. The van der Waals surface area contributed by atoms with Gasteiger partial charge in [0.2, 0.25) is 0 Å². The average Bonchev–Trinajstić information content (AvgIpc) is 2.31. The molecule has 1 N–H and O–H groups in total. The maximum atomic E-state index is 11.4. The van der Waals surface area contributed by atoms with Crippen molar-refractivity contribution in [2.24, 2.45) is 0 Å². The van der Waals surface area contributed by atoms with Crippen LogP contribution in [0, 0.1) is 13.8 Å². The molecule has 0 bridgehead atoms. The third-order valence-electron chi connectivity index (χ3n) is 2.96. The number of hydrogen-bond acceptors (Lipinski definition) is 3. The molecule has 1 unspecified atom stereocenters. The zero-order chi connectivity index (χ0) is 12.8. The lowest BCUT2D eigenvalue weighted by atomic mass is 10.0. The molecule has 0 saturated heterocycles. The Morgan fingerprint density at radius 2 is 2.12 bits per heavy atom. The summed E-state index contributed by atoms with van der Waals surface area (Å²) in [7, 11) is 0. The topological polar surface area (TPSA) is 38.3 Å². The number of rotatable bonds is 5. The van der Waals surface area contributed by atoms with E-state index in [2.05, 4.69) is 31.3 Å². The van der Waals surface area contributed by atoms with E-state index in [0.29, 0.717) is 13.2 Å². The molecule has 17 heavy (non-hydrogen) atoms. The van der Waals surface area contributed by atoms with Crippen LogP contribution in [-0.4, -0.2) is 18.6 Å². The van der Waals surface area contributed by atoms with E-state index in [4.69, 9.17) is 4.74 Å². The van der Waals surface area contributed by atoms with Gasteiger partial charge < -0.3 is 10.1 Å². The van der Waals surface area contributed by atoms with Gasteiger partial charge in [-0.1, -0.05) is 18.2 Å². The molecule has 0 aliphatic rings. The summed E-state index contributed by atoms with van der Waals surface area (Å²) < 4.78 is 4.94. The van der Waals surface area contributed by atoms with Crippen LogP contribution in [0.25, 0.3) is 0 Å². The molecule has 0 fully saturated rings. The van der Waals surface area contributed by atoms with Gasteiger partial charge in [0.05, 0.1) is 6.61 Å². The Hall–Kier alpha value is -1.35. The van der Waals surface area contributed by atoms with Crippen LogP contribution in [-0.2, 0) is 16.1 Å². The normalized spacial score (nSPS) is 12.2. The number of benzene rings is 1. The molecule has 3 nitrogen and oxygen atoms in total. The highest BCUT2D eigenvalue weighted by atomic mass is 16.5. The van der Waals surface area contributed by atoms with Gasteiger partial charge in [-0.2, -0.15) is 0 Å². The molecule has 1 rings (SSSR count). The third-order valence-corrected chi connectivity index (χ3v) is 2.96. The highest BCUT2D eigenvalue weighted by Crippen LogP contribution is 2.12. The van der Waals surface area contributed by atoms with Gasteiger partial charge in [-0.3, -0.25) is 4.79 Å². The molecular formula is C14H21NO2. The molecule has 0 radical (unpaired) electrons. The van der Waals surface area contributed by atoms with Crippen LogP contribution in [0.3, 0.4) is 0 Å².